The molecule has 1 N–H and O–H groups in total. The van der Waals surface area contributed by atoms with Crippen LogP contribution >= 0.6 is 0 Å². The van der Waals surface area contributed by atoms with E-state index in [2.05, 4.69) is 36.2 Å². The van der Waals surface area contributed by atoms with E-state index >= 15 is 0 Å². The van der Waals surface area contributed by atoms with Crippen molar-refractivity contribution in [2.75, 3.05) is 7.11 Å². The zero-order chi connectivity index (χ0) is 13.9. The summed E-state index contributed by atoms with van der Waals surface area (Å²) in [5.74, 6) is 1.72. The standard InChI is InChI=1S/C14H20N4O/c1-14(2,3)16-9-13-15-10-17-18(13)11-5-7-12(19-4)8-6-11/h5-8,10,16H,9H2,1-4H3. The minimum Gasteiger partial charge on any atom is -0.497 e. The van der Waals surface area contributed by atoms with Crippen molar-refractivity contribution in [2.45, 2.75) is 32.9 Å². The Morgan fingerprint density at radius 1 is 1.21 bits per heavy atom. The fourth-order valence-electron chi connectivity index (χ4n) is 1.67. The first-order valence-electron chi connectivity index (χ1n) is 6.28. The van der Waals surface area contributed by atoms with Crippen molar-refractivity contribution in [3.8, 4) is 11.4 Å². The first kappa shape index (κ1) is 13.5. The number of aromatic nitrogens is 3. The number of hydrogen-bond donors (Lipinski definition) is 1. The maximum absolute atomic E-state index is 5.15. The van der Waals surface area contributed by atoms with E-state index in [-0.39, 0.29) is 5.54 Å². The topological polar surface area (TPSA) is 52.0 Å². The maximum atomic E-state index is 5.15. The van der Waals surface area contributed by atoms with Gasteiger partial charge in [0.15, 0.2) is 0 Å². The van der Waals surface area contributed by atoms with Gasteiger partial charge in [-0.1, -0.05) is 0 Å². The summed E-state index contributed by atoms with van der Waals surface area (Å²) in [5.41, 5.74) is 1.03. The Bertz CT molecular complexity index is 525. The van der Waals surface area contributed by atoms with Crippen molar-refractivity contribution in [2.24, 2.45) is 0 Å². The van der Waals surface area contributed by atoms with Crippen molar-refractivity contribution in [3.63, 3.8) is 0 Å². The molecule has 19 heavy (non-hydrogen) atoms. The molecule has 0 aliphatic rings. The van der Waals surface area contributed by atoms with Gasteiger partial charge in [-0.25, -0.2) is 9.67 Å². The number of rotatable bonds is 4. The molecule has 0 fully saturated rings. The van der Waals surface area contributed by atoms with Crippen LogP contribution in [0.5, 0.6) is 5.75 Å². The summed E-state index contributed by atoms with van der Waals surface area (Å²) < 4.78 is 6.98. The third kappa shape index (κ3) is 3.54. The third-order valence-electron chi connectivity index (χ3n) is 2.71. The molecule has 0 amide bonds. The monoisotopic (exact) mass is 260 g/mol. The van der Waals surface area contributed by atoms with E-state index in [0.29, 0.717) is 6.54 Å². The van der Waals surface area contributed by atoms with Crippen molar-refractivity contribution >= 4 is 0 Å². The predicted octanol–water partition coefficient (Wildman–Crippen LogP) is 2.16. The highest BCUT2D eigenvalue weighted by molar-refractivity contribution is 5.37. The Labute approximate surface area is 113 Å². The molecule has 1 aromatic carbocycles. The number of ether oxygens (including phenoxy) is 1. The number of nitrogens with zero attached hydrogens (tertiary/aromatic N) is 3. The Kier molecular flexibility index (Phi) is 3.85. The Hall–Kier alpha value is -1.88. The molecular formula is C14H20N4O. The fourth-order valence-corrected chi connectivity index (χ4v) is 1.67. The first-order valence-corrected chi connectivity index (χ1v) is 6.28. The molecule has 0 bridgehead atoms. The molecule has 5 nitrogen and oxygen atoms in total. The van der Waals surface area contributed by atoms with E-state index in [0.717, 1.165) is 17.3 Å². The highest BCUT2D eigenvalue weighted by atomic mass is 16.5. The molecule has 0 aliphatic carbocycles. The molecule has 0 atom stereocenters. The number of benzene rings is 1. The van der Waals surface area contributed by atoms with Crippen LogP contribution in [0.2, 0.25) is 0 Å². The molecule has 0 saturated carbocycles. The maximum Gasteiger partial charge on any atom is 0.146 e. The molecule has 102 valence electrons. The van der Waals surface area contributed by atoms with E-state index in [1.807, 2.05) is 28.9 Å². The Balaban J connectivity index is 2.18. The third-order valence-corrected chi connectivity index (χ3v) is 2.71. The molecule has 0 spiro atoms. The van der Waals surface area contributed by atoms with E-state index in [1.54, 1.807) is 13.4 Å². The molecule has 0 saturated heterocycles. The summed E-state index contributed by atoms with van der Waals surface area (Å²) in [6, 6.07) is 7.76. The lowest BCUT2D eigenvalue weighted by molar-refractivity contribution is 0.413. The van der Waals surface area contributed by atoms with Gasteiger partial charge in [0.2, 0.25) is 0 Å². The summed E-state index contributed by atoms with van der Waals surface area (Å²) in [6.07, 6.45) is 1.57. The van der Waals surface area contributed by atoms with Crippen LogP contribution in [-0.2, 0) is 6.54 Å². The quantitative estimate of drug-likeness (QED) is 0.915. The number of hydrogen-bond acceptors (Lipinski definition) is 4. The summed E-state index contributed by atoms with van der Waals surface area (Å²) >= 11 is 0. The van der Waals surface area contributed by atoms with Gasteiger partial charge in [-0.2, -0.15) is 5.10 Å². The van der Waals surface area contributed by atoms with Crippen LogP contribution in [0.15, 0.2) is 30.6 Å². The molecule has 5 heteroatoms. The van der Waals surface area contributed by atoms with Gasteiger partial charge >= 0.3 is 0 Å². The van der Waals surface area contributed by atoms with Crippen molar-refractivity contribution in [3.05, 3.63) is 36.4 Å². The molecule has 2 aromatic rings. The van der Waals surface area contributed by atoms with Crippen LogP contribution < -0.4 is 10.1 Å². The van der Waals surface area contributed by atoms with Crippen LogP contribution in [0.4, 0.5) is 0 Å². The lowest BCUT2D eigenvalue weighted by Gasteiger charge is -2.20. The zero-order valence-electron chi connectivity index (χ0n) is 11.8. The summed E-state index contributed by atoms with van der Waals surface area (Å²) in [4.78, 5) is 4.30. The van der Waals surface area contributed by atoms with Crippen molar-refractivity contribution < 1.29 is 4.74 Å². The molecule has 0 radical (unpaired) electrons. The smallest absolute Gasteiger partial charge is 0.146 e. The second-order valence-electron chi connectivity index (χ2n) is 5.39. The normalized spacial score (nSPS) is 11.6. The van der Waals surface area contributed by atoms with Crippen LogP contribution in [0.1, 0.15) is 26.6 Å². The van der Waals surface area contributed by atoms with Crippen molar-refractivity contribution in [1.29, 1.82) is 0 Å². The van der Waals surface area contributed by atoms with Gasteiger partial charge in [0, 0.05) is 5.54 Å². The van der Waals surface area contributed by atoms with Gasteiger partial charge in [0.25, 0.3) is 0 Å². The average molecular weight is 260 g/mol. The van der Waals surface area contributed by atoms with E-state index < -0.39 is 0 Å². The lowest BCUT2D eigenvalue weighted by Crippen LogP contribution is -2.35. The Morgan fingerprint density at radius 3 is 2.47 bits per heavy atom. The molecule has 2 rings (SSSR count). The summed E-state index contributed by atoms with van der Waals surface area (Å²) in [7, 11) is 1.66. The second kappa shape index (κ2) is 5.40. The molecule has 1 aromatic heterocycles. The van der Waals surface area contributed by atoms with Crippen LogP contribution in [0.25, 0.3) is 5.69 Å². The molecular weight excluding hydrogens is 240 g/mol. The minimum atomic E-state index is 0.0523. The largest absolute Gasteiger partial charge is 0.497 e. The minimum absolute atomic E-state index is 0.0523. The van der Waals surface area contributed by atoms with E-state index in [4.69, 9.17) is 4.74 Å². The Morgan fingerprint density at radius 2 is 1.89 bits per heavy atom. The fraction of sp³-hybridized carbons (Fsp3) is 0.429. The van der Waals surface area contributed by atoms with Crippen LogP contribution in [-0.4, -0.2) is 27.4 Å². The molecule has 0 unspecified atom stereocenters. The number of nitrogens with one attached hydrogen (secondary N) is 1. The van der Waals surface area contributed by atoms with Crippen LogP contribution in [0, 0.1) is 0 Å². The highest BCUT2D eigenvalue weighted by Gasteiger charge is 2.12. The molecule has 1 heterocycles. The van der Waals surface area contributed by atoms with Gasteiger partial charge in [-0.05, 0) is 45.0 Å². The summed E-state index contributed by atoms with van der Waals surface area (Å²) in [5, 5.41) is 7.68. The highest BCUT2D eigenvalue weighted by Crippen LogP contribution is 2.15. The van der Waals surface area contributed by atoms with Gasteiger partial charge in [0.05, 0.1) is 19.3 Å². The SMILES string of the molecule is COc1ccc(-n2ncnc2CNC(C)(C)C)cc1. The average Bonchev–Trinajstić information content (AvgIpc) is 2.84. The zero-order valence-corrected chi connectivity index (χ0v) is 11.8. The number of methoxy groups -OCH3 is 1. The second-order valence-corrected chi connectivity index (χ2v) is 5.39. The van der Waals surface area contributed by atoms with E-state index in [1.165, 1.54) is 0 Å². The van der Waals surface area contributed by atoms with E-state index in [9.17, 15) is 0 Å². The summed E-state index contributed by atoms with van der Waals surface area (Å²) in [6.45, 7) is 7.05. The first-order chi connectivity index (χ1) is 8.99. The van der Waals surface area contributed by atoms with Gasteiger partial charge < -0.3 is 10.1 Å². The van der Waals surface area contributed by atoms with Gasteiger partial charge in [0.1, 0.15) is 17.9 Å². The van der Waals surface area contributed by atoms with Crippen molar-refractivity contribution in [1.82, 2.24) is 20.1 Å². The predicted molar refractivity (Wildman–Crippen MR) is 74.5 cm³/mol. The van der Waals surface area contributed by atoms with Gasteiger partial charge in [-0.3, -0.25) is 0 Å². The lowest BCUT2D eigenvalue weighted by atomic mass is 10.1. The van der Waals surface area contributed by atoms with Gasteiger partial charge in [-0.15, -0.1) is 0 Å². The van der Waals surface area contributed by atoms with Crippen LogP contribution in [0.3, 0.4) is 0 Å². The molecule has 0 aliphatic heterocycles.